The first-order chi connectivity index (χ1) is 12.5. The lowest BCUT2D eigenvalue weighted by atomic mass is 10.2. The van der Waals surface area contributed by atoms with Gasteiger partial charge in [0.2, 0.25) is 27.7 Å². The molecule has 1 heterocycles. The molecule has 0 aliphatic carbocycles. The number of hydrogen-bond donors (Lipinski definition) is 3. The van der Waals surface area contributed by atoms with Crippen molar-refractivity contribution in [2.75, 3.05) is 11.9 Å². The second-order valence-electron chi connectivity index (χ2n) is 5.28. The number of carbonyl (C=O) groups is 2. The van der Waals surface area contributed by atoms with Gasteiger partial charge >= 0.3 is 6.18 Å². The molecule has 0 atom stereocenters. The Morgan fingerprint density at radius 1 is 1.19 bits per heavy atom. The molecular weight excluding hydrogens is 391 g/mol. The summed E-state index contributed by atoms with van der Waals surface area (Å²) in [6, 6.07) is 5.19. The summed E-state index contributed by atoms with van der Waals surface area (Å²) < 4.78 is 63.4. The third-order valence-corrected chi connectivity index (χ3v) is 4.70. The van der Waals surface area contributed by atoms with E-state index in [4.69, 9.17) is 0 Å². The molecule has 0 spiro atoms. The standard InChI is InChI=1S/C14H14F3N5O4S/c1-8(23)9-2-4-10(5-3-9)27(25,26)18-7-6-11(24)19-13-20-12(21-22-13)14(15,16)17/h2-5,18H,6-7H2,1H3,(H2,19,20,21,22,24). The number of alkyl halides is 3. The Morgan fingerprint density at radius 3 is 2.33 bits per heavy atom. The van der Waals surface area contributed by atoms with Gasteiger partial charge in [0, 0.05) is 18.5 Å². The van der Waals surface area contributed by atoms with Crippen LogP contribution in [0.2, 0.25) is 0 Å². The van der Waals surface area contributed by atoms with Crippen LogP contribution in [0.1, 0.15) is 29.5 Å². The molecule has 0 aliphatic heterocycles. The number of aromatic amines is 1. The van der Waals surface area contributed by atoms with Crippen molar-refractivity contribution in [1.82, 2.24) is 19.9 Å². The van der Waals surface area contributed by atoms with Gasteiger partial charge in [-0.15, -0.1) is 5.10 Å². The van der Waals surface area contributed by atoms with Crippen LogP contribution in [-0.2, 0) is 21.0 Å². The molecule has 0 saturated carbocycles. The number of carbonyl (C=O) groups excluding carboxylic acids is 2. The number of rotatable bonds is 7. The lowest BCUT2D eigenvalue weighted by molar-refractivity contribution is -0.144. The molecule has 9 nitrogen and oxygen atoms in total. The van der Waals surface area contributed by atoms with E-state index >= 15 is 0 Å². The fourth-order valence-electron chi connectivity index (χ4n) is 1.88. The highest BCUT2D eigenvalue weighted by molar-refractivity contribution is 7.89. The van der Waals surface area contributed by atoms with Crippen molar-refractivity contribution >= 4 is 27.7 Å². The van der Waals surface area contributed by atoms with E-state index < -0.39 is 33.9 Å². The summed E-state index contributed by atoms with van der Waals surface area (Å²) in [6.07, 6.45) is -5.09. The van der Waals surface area contributed by atoms with Crippen LogP contribution in [0.3, 0.4) is 0 Å². The molecule has 0 bridgehead atoms. The minimum Gasteiger partial charge on any atom is -0.295 e. The second kappa shape index (κ2) is 7.84. The molecular formula is C14H14F3N5O4S. The Kier molecular flexibility index (Phi) is 5.95. The highest BCUT2D eigenvalue weighted by Gasteiger charge is 2.35. The zero-order valence-electron chi connectivity index (χ0n) is 13.8. The fraction of sp³-hybridized carbons (Fsp3) is 0.286. The van der Waals surface area contributed by atoms with Crippen LogP contribution in [-0.4, -0.2) is 41.8 Å². The molecule has 0 unspecified atom stereocenters. The molecule has 2 aromatic rings. The number of halogens is 3. The lowest BCUT2D eigenvalue weighted by Gasteiger charge is -2.07. The van der Waals surface area contributed by atoms with E-state index in [2.05, 4.69) is 14.8 Å². The van der Waals surface area contributed by atoms with Crippen molar-refractivity contribution in [3.05, 3.63) is 35.7 Å². The van der Waals surface area contributed by atoms with E-state index in [1.54, 1.807) is 5.10 Å². The Morgan fingerprint density at radius 2 is 1.81 bits per heavy atom. The Hall–Kier alpha value is -2.80. The maximum atomic E-state index is 12.4. The van der Waals surface area contributed by atoms with E-state index in [1.165, 1.54) is 31.2 Å². The predicted molar refractivity (Wildman–Crippen MR) is 86.3 cm³/mol. The third-order valence-electron chi connectivity index (χ3n) is 3.22. The van der Waals surface area contributed by atoms with Gasteiger partial charge in [-0.05, 0) is 19.1 Å². The molecule has 3 N–H and O–H groups in total. The van der Waals surface area contributed by atoms with Crippen LogP contribution in [0.4, 0.5) is 19.1 Å². The number of ketones is 1. The normalized spacial score (nSPS) is 12.0. The zero-order chi connectivity index (χ0) is 20.2. The van der Waals surface area contributed by atoms with Crippen molar-refractivity contribution < 1.29 is 31.2 Å². The molecule has 1 aromatic carbocycles. The van der Waals surface area contributed by atoms with Gasteiger partial charge in [-0.2, -0.15) is 18.2 Å². The first kappa shape index (κ1) is 20.5. The van der Waals surface area contributed by atoms with Crippen molar-refractivity contribution in [2.24, 2.45) is 0 Å². The highest BCUT2D eigenvalue weighted by atomic mass is 32.2. The first-order valence-corrected chi connectivity index (χ1v) is 8.87. The predicted octanol–water partition coefficient (Wildman–Crippen LogP) is 1.33. The van der Waals surface area contributed by atoms with Crippen LogP contribution in [0.15, 0.2) is 29.2 Å². The van der Waals surface area contributed by atoms with Gasteiger partial charge in [-0.1, -0.05) is 12.1 Å². The molecule has 27 heavy (non-hydrogen) atoms. The maximum Gasteiger partial charge on any atom is 0.451 e. The summed E-state index contributed by atoms with van der Waals surface area (Å²) in [5.74, 6) is -2.94. The molecule has 2 rings (SSSR count). The molecule has 0 fully saturated rings. The van der Waals surface area contributed by atoms with E-state index in [-0.39, 0.29) is 23.6 Å². The van der Waals surface area contributed by atoms with Gasteiger partial charge in [0.05, 0.1) is 4.90 Å². The van der Waals surface area contributed by atoms with Crippen LogP contribution in [0.25, 0.3) is 0 Å². The summed E-state index contributed by atoms with van der Waals surface area (Å²) in [6.45, 7) is 1.03. The SMILES string of the molecule is CC(=O)c1ccc(S(=O)(=O)NCCC(=O)Nc2n[nH]c(C(F)(F)F)n2)cc1. The van der Waals surface area contributed by atoms with E-state index in [9.17, 15) is 31.2 Å². The number of nitrogens with zero attached hydrogens (tertiary/aromatic N) is 2. The fourth-order valence-corrected chi connectivity index (χ4v) is 2.91. The number of hydrogen-bond acceptors (Lipinski definition) is 6. The van der Waals surface area contributed by atoms with E-state index in [1.807, 2.05) is 5.32 Å². The number of anilines is 1. The number of Topliss-reactive ketones (excluding diaryl/α,β-unsaturated/α-hetero) is 1. The number of H-pyrrole nitrogens is 1. The smallest absolute Gasteiger partial charge is 0.295 e. The number of amides is 1. The average Bonchev–Trinajstić information content (AvgIpc) is 3.03. The minimum atomic E-state index is -4.73. The second-order valence-corrected chi connectivity index (χ2v) is 7.05. The molecule has 0 radical (unpaired) electrons. The Bertz CT molecular complexity index is 938. The van der Waals surface area contributed by atoms with Crippen molar-refractivity contribution in [2.45, 2.75) is 24.4 Å². The third kappa shape index (κ3) is 5.59. The number of benzene rings is 1. The number of aromatic nitrogens is 3. The molecule has 13 heteroatoms. The molecule has 0 saturated heterocycles. The quantitative estimate of drug-likeness (QED) is 0.595. The molecule has 0 aliphatic rings. The van der Waals surface area contributed by atoms with Crippen LogP contribution < -0.4 is 10.0 Å². The number of sulfonamides is 1. The van der Waals surface area contributed by atoms with Crippen LogP contribution in [0, 0.1) is 0 Å². The lowest BCUT2D eigenvalue weighted by Crippen LogP contribution is -2.28. The summed E-state index contributed by atoms with van der Waals surface area (Å²) in [5, 5.41) is 6.84. The number of nitrogens with one attached hydrogen (secondary N) is 3. The van der Waals surface area contributed by atoms with Gasteiger partial charge in [0.1, 0.15) is 0 Å². The van der Waals surface area contributed by atoms with Crippen molar-refractivity contribution in [3.63, 3.8) is 0 Å². The summed E-state index contributed by atoms with van der Waals surface area (Å²) >= 11 is 0. The van der Waals surface area contributed by atoms with E-state index in [0.717, 1.165) is 0 Å². The van der Waals surface area contributed by atoms with Gasteiger partial charge in [-0.3, -0.25) is 20.0 Å². The summed E-state index contributed by atoms with van der Waals surface area (Å²) in [4.78, 5) is 25.8. The van der Waals surface area contributed by atoms with Crippen LogP contribution in [0.5, 0.6) is 0 Å². The Labute approximate surface area is 151 Å². The monoisotopic (exact) mass is 405 g/mol. The minimum absolute atomic E-state index is 0.100. The van der Waals surface area contributed by atoms with Crippen molar-refractivity contribution in [3.8, 4) is 0 Å². The van der Waals surface area contributed by atoms with Crippen molar-refractivity contribution in [1.29, 1.82) is 0 Å². The largest absolute Gasteiger partial charge is 0.451 e. The topological polar surface area (TPSA) is 134 Å². The van der Waals surface area contributed by atoms with Gasteiger partial charge in [0.25, 0.3) is 0 Å². The summed E-state index contributed by atoms with van der Waals surface area (Å²) in [5.41, 5.74) is 0.345. The maximum absolute atomic E-state index is 12.4. The summed E-state index contributed by atoms with van der Waals surface area (Å²) in [7, 11) is -3.91. The van der Waals surface area contributed by atoms with Gasteiger partial charge in [-0.25, -0.2) is 13.1 Å². The molecule has 146 valence electrons. The Balaban J connectivity index is 1.88. The van der Waals surface area contributed by atoms with Gasteiger partial charge < -0.3 is 0 Å². The molecule has 1 amide bonds. The van der Waals surface area contributed by atoms with E-state index in [0.29, 0.717) is 5.56 Å². The average molecular weight is 405 g/mol. The zero-order valence-corrected chi connectivity index (χ0v) is 14.6. The molecule has 1 aromatic heterocycles. The van der Waals surface area contributed by atoms with Crippen LogP contribution >= 0.6 is 0 Å². The highest BCUT2D eigenvalue weighted by Crippen LogP contribution is 2.26. The van der Waals surface area contributed by atoms with Gasteiger partial charge in [0.15, 0.2) is 5.78 Å². The first-order valence-electron chi connectivity index (χ1n) is 7.39.